The van der Waals surface area contributed by atoms with Gasteiger partial charge in [0.05, 0.1) is 13.2 Å². The van der Waals surface area contributed by atoms with E-state index in [1.54, 1.807) is 0 Å². The highest BCUT2D eigenvalue weighted by Crippen LogP contribution is 2.36. The summed E-state index contributed by atoms with van der Waals surface area (Å²) < 4.78 is 33.6. The van der Waals surface area contributed by atoms with E-state index in [-0.39, 0.29) is 0 Å². The first-order chi connectivity index (χ1) is 12.9. The molecular formula is C20H22O6. The molecule has 0 fully saturated rings. The van der Waals surface area contributed by atoms with Crippen LogP contribution in [0, 0.1) is 0 Å². The maximum absolute atomic E-state index is 6.02. The topological polar surface area (TPSA) is 55.4 Å². The number of para-hydroxylation sites is 4. The molecule has 1 heterocycles. The van der Waals surface area contributed by atoms with Crippen LogP contribution in [0.25, 0.3) is 0 Å². The summed E-state index contributed by atoms with van der Waals surface area (Å²) in [5, 5.41) is 0. The van der Waals surface area contributed by atoms with Crippen LogP contribution < -0.4 is 14.2 Å². The van der Waals surface area contributed by atoms with E-state index in [1.807, 2.05) is 48.5 Å². The van der Waals surface area contributed by atoms with Gasteiger partial charge in [-0.1, -0.05) is 24.3 Å². The number of hydrogen-bond donors (Lipinski definition) is 0. The van der Waals surface area contributed by atoms with Gasteiger partial charge in [0, 0.05) is 0 Å². The summed E-state index contributed by atoms with van der Waals surface area (Å²) in [7, 11) is 0. The van der Waals surface area contributed by atoms with Crippen LogP contribution in [0.2, 0.25) is 0 Å². The van der Waals surface area contributed by atoms with Crippen molar-refractivity contribution >= 4 is 0 Å². The first kappa shape index (κ1) is 17.9. The molecule has 0 saturated heterocycles. The lowest BCUT2D eigenvalue weighted by molar-refractivity contribution is 0.0623. The zero-order chi connectivity index (χ0) is 17.9. The number of ether oxygens (including phenoxy) is 6. The number of benzene rings is 2. The van der Waals surface area contributed by atoms with Crippen LogP contribution in [0.5, 0.6) is 23.0 Å². The lowest BCUT2D eigenvalue weighted by atomic mass is 10.3. The Morgan fingerprint density at radius 3 is 1.58 bits per heavy atom. The Morgan fingerprint density at radius 1 is 0.500 bits per heavy atom. The van der Waals surface area contributed by atoms with Gasteiger partial charge in [0.25, 0.3) is 0 Å². The van der Waals surface area contributed by atoms with Crippen molar-refractivity contribution in [1.82, 2.24) is 0 Å². The molecule has 2 aromatic rings. The fraction of sp³-hybridized carbons (Fsp3) is 0.300. The second kappa shape index (κ2) is 10.2. The normalized spacial score (nSPS) is 16.0. The van der Waals surface area contributed by atoms with Crippen molar-refractivity contribution in [3.63, 3.8) is 0 Å². The molecule has 2 aromatic carbocycles. The van der Waals surface area contributed by atoms with Crippen molar-refractivity contribution in [1.29, 1.82) is 0 Å². The maximum atomic E-state index is 6.02. The number of fused-ring (bicyclic) bond motifs is 2. The zero-order valence-corrected chi connectivity index (χ0v) is 14.5. The fourth-order valence-electron chi connectivity index (χ4n) is 2.26. The molecule has 0 bridgehead atoms. The summed E-state index contributed by atoms with van der Waals surface area (Å²) in [6.07, 6.45) is 2.99. The Kier molecular flexibility index (Phi) is 7.04. The summed E-state index contributed by atoms with van der Waals surface area (Å²) in [6, 6.07) is 15.0. The second-order valence-corrected chi connectivity index (χ2v) is 5.32. The SMILES string of the molecule is C1=COCCOc2ccccc2Oc2ccccc2OCCOCCO1. The predicted octanol–water partition coefficient (Wildman–Crippen LogP) is 3.77. The van der Waals surface area contributed by atoms with Gasteiger partial charge in [0.1, 0.15) is 39.0 Å². The van der Waals surface area contributed by atoms with E-state index in [0.717, 1.165) is 0 Å². The van der Waals surface area contributed by atoms with Crippen LogP contribution in [0.3, 0.4) is 0 Å². The van der Waals surface area contributed by atoms with Gasteiger partial charge in [-0.15, -0.1) is 0 Å². The molecule has 0 atom stereocenters. The van der Waals surface area contributed by atoms with Gasteiger partial charge in [-0.2, -0.15) is 0 Å². The van der Waals surface area contributed by atoms with Crippen LogP contribution in [0.15, 0.2) is 61.1 Å². The van der Waals surface area contributed by atoms with Crippen molar-refractivity contribution in [2.75, 3.05) is 39.6 Å². The number of rotatable bonds is 0. The lowest BCUT2D eigenvalue weighted by Gasteiger charge is -2.15. The molecule has 0 unspecified atom stereocenters. The van der Waals surface area contributed by atoms with E-state index in [1.165, 1.54) is 12.5 Å². The van der Waals surface area contributed by atoms with Crippen LogP contribution in [-0.4, -0.2) is 39.6 Å². The molecule has 6 heteroatoms. The molecule has 0 N–H and O–H groups in total. The molecule has 0 aliphatic carbocycles. The van der Waals surface area contributed by atoms with Gasteiger partial charge in [0.15, 0.2) is 23.0 Å². The monoisotopic (exact) mass is 358 g/mol. The van der Waals surface area contributed by atoms with E-state index in [9.17, 15) is 0 Å². The highest BCUT2D eigenvalue weighted by molar-refractivity contribution is 5.47. The minimum atomic E-state index is 0.381. The third-order valence-electron chi connectivity index (χ3n) is 3.46. The molecule has 138 valence electrons. The molecule has 0 spiro atoms. The van der Waals surface area contributed by atoms with Crippen molar-refractivity contribution in [3.8, 4) is 23.0 Å². The molecule has 3 rings (SSSR count). The average Bonchev–Trinajstić information content (AvgIpc) is 2.67. The minimum absolute atomic E-state index is 0.381. The second-order valence-electron chi connectivity index (χ2n) is 5.32. The summed E-state index contributed by atoms with van der Waals surface area (Å²) in [5.41, 5.74) is 0. The van der Waals surface area contributed by atoms with Crippen molar-refractivity contribution in [3.05, 3.63) is 61.1 Å². The Morgan fingerprint density at radius 2 is 0.962 bits per heavy atom. The van der Waals surface area contributed by atoms with E-state index in [0.29, 0.717) is 62.6 Å². The van der Waals surface area contributed by atoms with E-state index < -0.39 is 0 Å². The summed E-state index contributed by atoms with van der Waals surface area (Å²) in [6.45, 7) is 2.57. The molecule has 1 aliphatic rings. The van der Waals surface area contributed by atoms with Crippen molar-refractivity contribution in [2.24, 2.45) is 0 Å². The summed E-state index contributed by atoms with van der Waals surface area (Å²) in [4.78, 5) is 0. The Labute approximate surface area is 152 Å². The van der Waals surface area contributed by atoms with Gasteiger partial charge in [0.2, 0.25) is 0 Å². The summed E-state index contributed by atoms with van der Waals surface area (Å²) in [5.74, 6) is 2.51. The molecule has 1 aliphatic heterocycles. The highest BCUT2D eigenvalue weighted by Gasteiger charge is 2.10. The Balaban J connectivity index is 1.74. The van der Waals surface area contributed by atoms with Gasteiger partial charge in [-0.3, -0.25) is 0 Å². The van der Waals surface area contributed by atoms with E-state index in [4.69, 9.17) is 28.4 Å². The standard InChI is InChI=1S/C20H22O6/c1-3-7-19-17(5-1)24-15-13-22-11-9-21-10-12-23-14-16-25-18-6-2-4-8-20(18)26-19/h1-9,11H,10,12-16H2. The zero-order valence-electron chi connectivity index (χ0n) is 14.5. The number of hydrogen-bond acceptors (Lipinski definition) is 6. The Bertz CT molecular complexity index is 700. The van der Waals surface area contributed by atoms with Crippen LogP contribution >= 0.6 is 0 Å². The molecule has 0 amide bonds. The van der Waals surface area contributed by atoms with Crippen LogP contribution in [-0.2, 0) is 14.2 Å². The molecule has 26 heavy (non-hydrogen) atoms. The quantitative estimate of drug-likeness (QED) is 0.715. The van der Waals surface area contributed by atoms with Crippen molar-refractivity contribution in [2.45, 2.75) is 0 Å². The third kappa shape index (κ3) is 5.60. The largest absolute Gasteiger partial charge is 0.496 e. The van der Waals surface area contributed by atoms with Crippen LogP contribution in [0.1, 0.15) is 0 Å². The smallest absolute Gasteiger partial charge is 0.169 e. The molecule has 6 nitrogen and oxygen atoms in total. The van der Waals surface area contributed by atoms with Gasteiger partial charge in [-0.25, -0.2) is 0 Å². The molecule has 0 saturated carbocycles. The first-order valence-corrected chi connectivity index (χ1v) is 8.51. The Hall–Kier alpha value is -2.86. The fourth-order valence-corrected chi connectivity index (χ4v) is 2.26. The highest BCUT2D eigenvalue weighted by atomic mass is 16.6. The van der Waals surface area contributed by atoms with Crippen LogP contribution in [0.4, 0.5) is 0 Å². The predicted molar refractivity (Wildman–Crippen MR) is 95.8 cm³/mol. The first-order valence-electron chi connectivity index (χ1n) is 8.51. The van der Waals surface area contributed by atoms with Gasteiger partial charge < -0.3 is 28.4 Å². The van der Waals surface area contributed by atoms with Crippen molar-refractivity contribution < 1.29 is 28.4 Å². The van der Waals surface area contributed by atoms with Gasteiger partial charge in [-0.05, 0) is 24.3 Å². The lowest BCUT2D eigenvalue weighted by Crippen LogP contribution is -2.10. The van der Waals surface area contributed by atoms with E-state index >= 15 is 0 Å². The summed E-state index contributed by atoms with van der Waals surface area (Å²) >= 11 is 0. The average molecular weight is 358 g/mol. The van der Waals surface area contributed by atoms with Gasteiger partial charge >= 0.3 is 0 Å². The molecule has 0 aromatic heterocycles. The van der Waals surface area contributed by atoms with E-state index in [2.05, 4.69) is 0 Å². The minimum Gasteiger partial charge on any atom is -0.496 e. The molecular weight excluding hydrogens is 336 g/mol. The maximum Gasteiger partial charge on any atom is 0.169 e. The third-order valence-corrected chi connectivity index (χ3v) is 3.46. The molecule has 0 radical (unpaired) electrons.